The number of rotatable bonds is 2. The summed E-state index contributed by atoms with van der Waals surface area (Å²) in [6.45, 7) is 0. The zero-order chi connectivity index (χ0) is 8.15. The Morgan fingerprint density at radius 3 is 1.60 bits per heavy atom. The Balaban J connectivity index is 3.94. The van der Waals surface area contributed by atoms with E-state index >= 15 is 0 Å². The molecule has 0 aliphatic rings. The van der Waals surface area contributed by atoms with Crippen molar-refractivity contribution in [2.75, 3.05) is 0 Å². The van der Waals surface area contributed by atoms with Gasteiger partial charge in [0.1, 0.15) is 0 Å². The minimum atomic E-state index is -1.06. The Morgan fingerprint density at radius 2 is 1.40 bits per heavy atom. The second-order valence-corrected chi connectivity index (χ2v) is 2.32. The van der Waals surface area contributed by atoms with Gasteiger partial charge in [-0.2, -0.15) is 12.6 Å². The van der Waals surface area contributed by atoms with E-state index < -0.39 is 17.1 Å². The molecule has 0 heterocycles. The van der Waals surface area contributed by atoms with Crippen LogP contribution in [0.3, 0.4) is 0 Å². The van der Waals surface area contributed by atoms with Crippen LogP contribution in [0.25, 0.3) is 0 Å². The van der Waals surface area contributed by atoms with Crippen LogP contribution in [0.1, 0.15) is 0 Å². The van der Waals surface area contributed by atoms with Gasteiger partial charge in [-0.3, -0.25) is 9.59 Å². The summed E-state index contributed by atoms with van der Waals surface area (Å²) in [7, 11) is 0. The van der Waals surface area contributed by atoms with E-state index in [1.165, 1.54) is 0 Å². The van der Waals surface area contributed by atoms with Crippen molar-refractivity contribution in [2.24, 2.45) is 0 Å². The van der Waals surface area contributed by atoms with Crippen molar-refractivity contribution in [2.45, 2.75) is 5.25 Å². The Hall–Kier alpha value is -0.0100. The van der Waals surface area contributed by atoms with Gasteiger partial charge in [-0.15, -0.1) is 0 Å². The molecule has 0 bridgehead atoms. The number of hydrogen-bond donors (Lipinski definition) is 5. The molecular formula is C3H6N2O2S3. The highest BCUT2D eigenvalue weighted by molar-refractivity contribution is 7.83. The van der Waals surface area contributed by atoms with E-state index in [0.717, 1.165) is 0 Å². The van der Waals surface area contributed by atoms with Gasteiger partial charge in [-0.1, -0.05) is 25.6 Å². The monoisotopic (exact) mass is 198 g/mol. The summed E-state index contributed by atoms with van der Waals surface area (Å²) in [5, 5.41) is -1.06. The van der Waals surface area contributed by atoms with Crippen LogP contribution in [0.2, 0.25) is 0 Å². The van der Waals surface area contributed by atoms with Crippen molar-refractivity contribution < 1.29 is 9.59 Å². The van der Waals surface area contributed by atoms with Gasteiger partial charge in [0.15, 0.2) is 5.25 Å². The molecule has 0 atom stereocenters. The average Bonchev–Trinajstić information content (AvgIpc) is 2.00. The number of carbonyl (C=O) groups is 2. The summed E-state index contributed by atoms with van der Waals surface area (Å²) in [5.41, 5.74) is 0. The maximum Gasteiger partial charge on any atom is 0.252 e. The molecule has 58 valence electrons. The van der Waals surface area contributed by atoms with Gasteiger partial charge in [-0.25, -0.2) is 0 Å². The topological polar surface area (TPSA) is 58.2 Å². The molecule has 0 saturated carbocycles. The summed E-state index contributed by atoms with van der Waals surface area (Å²) >= 11 is 10.5. The summed E-state index contributed by atoms with van der Waals surface area (Å²) in [6, 6.07) is 0. The first-order valence-electron chi connectivity index (χ1n) is 2.19. The highest BCUT2D eigenvalue weighted by Gasteiger charge is 2.19. The molecule has 2 N–H and O–H groups in total. The van der Waals surface area contributed by atoms with Crippen LogP contribution in [0.15, 0.2) is 0 Å². The first-order chi connectivity index (χ1) is 4.63. The molecule has 0 aromatic carbocycles. The van der Waals surface area contributed by atoms with Gasteiger partial charge >= 0.3 is 0 Å². The fourth-order valence-corrected chi connectivity index (χ4v) is 0.832. The van der Waals surface area contributed by atoms with Crippen LogP contribution in [0.4, 0.5) is 0 Å². The van der Waals surface area contributed by atoms with E-state index in [2.05, 4.69) is 38.3 Å². The standard InChI is InChI=1S/C3H6N2O2S3/c6-2(4-9)1(8)3(7)5-10/h1,8-10H,(H,4,6)(H,5,7). The van der Waals surface area contributed by atoms with Crippen LogP contribution in [0, 0.1) is 0 Å². The van der Waals surface area contributed by atoms with Gasteiger partial charge in [-0.05, 0) is 0 Å². The number of hydrogen-bond acceptors (Lipinski definition) is 5. The molecule has 4 nitrogen and oxygen atoms in total. The fraction of sp³-hybridized carbons (Fsp3) is 0.333. The van der Waals surface area contributed by atoms with Crippen molar-refractivity contribution in [3.63, 3.8) is 0 Å². The molecule has 0 fully saturated rings. The van der Waals surface area contributed by atoms with Gasteiger partial charge in [0.25, 0.3) is 11.8 Å². The van der Waals surface area contributed by atoms with Crippen LogP contribution in [-0.2, 0) is 9.59 Å². The Kier molecular flexibility index (Phi) is 4.75. The predicted molar refractivity (Wildman–Crippen MR) is 47.0 cm³/mol. The molecule has 0 radical (unpaired) electrons. The molecule has 0 saturated heterocycles. The third-order valence-corrected chi connectivity index (χ3v) is 1.63. The van der Waals surface area contributed by atoms with Gasteiger partial charge in [0, 0.05) is 0 Å². The number of amides is 2. The molecule has 0 aromatic heterocycles. The Bertz CT molecular complexity index is 135. The van der Waals surface area contributed by atoms with Crippen molar-refractivity contribution in [3.8, 4) is 0 Å². The third-order valence-electron chi connectivity index (χ3n) is 0.717. The van der Waals surface area contributed by atoms with Gasteiger partial charge in [0.05, 0.1) is 0 Å². The number of thiol groups is 3. The highest BCUT2D eigenvalue weighted by atomic mass is 32.1. The van der Waals surface area contributed by atoms with Crippen molar-refractivity contribution >= 4 is 50.1 Å². The summed E-state index contributed by atoms with van der Waals surface area (Å²) < 4.78 is 3.93. The molecule has 0 spiro atoms. The van der Waals surface area contributed by atoms with E-state index in [-0.39, 0.29) is 0 Å². The minimum Gasteiger partial charge on any atom is -0.301 e. The molecule has 2 amide bonds. The largest absolute Gasteiger partial charge is 0.301 e. The summed E-state index contributed by atoms with van der Waals surface area (Å²) in [4.78, 5) is 21.1. The molecular weight excluding hydrogens is 192 g/mol. The van der Waals surface area contributed by atoms with Crippen LogP contribution >= 0.6 is 38.3 Å². The van der Waals surface area contributed by atoms with E-state index in [0.29, 0.717) is 0 Å². The zero-order valence-corrected chi connectivity index (χ0v) is 7.42. The lowest BCUT2D eigenvalue weighted by atomic mass is 10.4. The minimum absolute atomic E-state index is 0.585. The van der Waals surface area contributed by atoms with E-state index in [1.807, 2.05) is 9.44 Å². The van der Waals surface area contributed by atoms with E-state index in [1.54, 1.807) is 0 Å². The van der Waals surface area contributed by atoms with Gasteiger partial charge in [0.2, 0.25) is 0 Å². The second kappa shape index (κ2) is 4.75. The normalized spacial score (nSPS) is 9.20. The lowest BCUT2D eigenvalue weighted by Gasteiger charge is -2.04. The fourth-order valence-electron chi connectivity index (χ4n) is 0.241. The molecule has 7 heteroatoms. The third kappa shape index (κ3) is 2.72. The first kappa shape index (κ1) is 9.99. The molecule has 0 aliphatic carbocycles. The van der Waals surface area contributed by atoms with E-state index in [9.17, 15) is 9.59 Å². The maximum absolute atomic E-state index is 10.6. The van der Waals surface area contributed by atoms with Crippen molar-refractivity contribution in [1.29, 1.82) is 0 Å². The van der Waals surface area contributed by atoms with Gasteiger partial charge < -0.3 is 9.44 Å². The SMILES string of the molecule is O=C(NS)C(S)C(=O)NS. The first-order valence-corrected chi connectivity index (χ1v) is 3.60. The quantitative estimate of drug-likeness (QED) is 0.298. The predicted octanol–water partition coefficient (Wildman–Crippen LogP) is -0.793. The average molecular weight is 198 g/mol. The lowest BCUT2D eigenvalue weighted by Crippen LogP contribution is -2.36. The maximum atomic E-state index is 10.6. The Labute approximate surface area is 74.6 Å². The number of carbonyl (C=O) groups excluding carboxylic acids is 2. The summed E-state index contributed by atoms with van der Waals surface area (Å²) in [6.07, 6.45) is 0. The molecule has 0 rings (SSSR count). The van der Waals surface area contributed by atoms with E-state index in [4.69, 9.17) is 0 Å². The molecule has 0 unspecified atom stereocenters. The Morgan fingerprint density at radius 1 is 1.10 bits per heavy atom. The molecule has 0 aromatic rings. The zero-order valence-electron chi connectivity index (χ0n) is 4.74. The van der Waals surface area contributed by atoms with Crippen LogP contribution in [-0.4, -0.2) is 17.1 Å². The van der Waals surface area contributed by atoms with Crippen LogP contribution in [0.5, 0.6) is 0 Å². The smallest absolute Gasteiger partial charge is 0.252 e. The molecule has 10 heavy (non-hydrogen) atoms. The highest BCUT2D eigenvalue weighted by Crippen LogP contribution is 1.95. The second-order valence-electron chi connectivity index (χ2n) is 1.35. The van der Waals surface area contributed by atoms with Crippen molar-refractivity contribution in [3.05, 3.63) is 0 Å². The van der Waals surface area contributed by atoms with Crippen molar-refractivity contribution in [1.82, 2.24) is 9.44 Å². The summed E-state index contributed by atoms with van der Waals surface area (Å²) in [5.74, 6) is -1.17. The lowest BCUT2D eigenvalue weighted by molar-refractivity contribution is -0.126. The number of nitrogens with one attached hydrogen (secondary N) is 2. The van der Waals surface area contributed by atoms with Crippen LogP contribution < -0.4 is 9.44 Å². The molecule has 0 aliphatic heterocycles.